The van der Waals surface area contributed by atoms with Crippen LogP contribution in [-0.4, -0.2) is 65.0 Å². The maximum absolute atomic E-state index is 13.9. The molecule has 0 aromatic heterocycles. The molecule has 1 spiro atoms. The maximum atomic E-state index is 13.9. The number of ether oxygens (including phenoxy) is 1. The number of carbonyl (C=O) groups excluding carboxylic acids is 3. The van der Waals surface area contributed by atoms with Crippen molar-refractivity contribution in [3.63, 3.8) is 0 Å². The first-order valence-corrected chi connectivity index (χ1v) is 11.7. The second-order valence-electron chi connectivity index (χ2n) is 8.92. The number of benzene rings is 2. The monoisotopic (exact) mass is 487 g/mol. The lowest BCUT2D eigenvalue weighted by Gasteiger charge is -2.44. The highest BCUT2D eigenvalue weighted by molar-refractivity contribution is 6.30. The summed E-state index contributed by atoms with van der Waals surface area (Å²) in [4.78, 5) is 42.6. The summed E-state index contributed by atoms with van der Waals surface area (Å²) >= 11 is 5.93. The normalized spacial score (nSPS) is 19.5. The van der Waals surface area contributed by atoms with Gasteiger partial charge < -0.3 is 15.0 Å². The molecule has 0 saturated carbocycles. The lowest BCUT2D eigenvalue weighted by molar-refractivity contribution is -0.128. The molecule has 4 rings (SSSR count). The fourth-order valence-corrected chi connectivity index (χ4v) is 4.67. The average Bonchev–Trinajstić information content (AvgIpc) is 3.17. The molecule has 0 aliphatic carbocycles. The molecule has 2 fully saturated rings. The first-order valence-electron chi connectivity index (χ1n) is 11.3. The lowest BCUT2D eigenvalue weighted by atomic mass is 9.96. The van der Waals surface area contributed by atoms with E-state index in [0.717, 1.165) is 6.07 Å². The molecule has 2 heterocycles. The number of halogens is 2. The molecule has 1 unspecified atom stereocenters. The second kappa shape index (κ2) is 9.72. The number of nitrogens with one attached hydrogen (secondary N) is 1. The van der Waals surface area contributed by atoms with E-state index in [1.54, 1.807) is 29.2 Å². The van der Waals surface area contributed by atoms with Crippen molar-refractivity contribution in [1.82, 2.24) is 15.1 Å². The van der Waals surface area contributed by atoms with Crippen LogP contribution in [0.3, 0.4) is 0 Å². The Morgan fingerprint density at radius 2 is 1.74 bits per heavy atom. The molecule has 1 atom stereocenters. The molecule has 180 valence electrons. The molecule has 7 nitrogen and oxygen atoms in total. The van der Waals surface area contributed by atoms with Crippen molar-refractivity contribution in [2.75, 3.05) is 19.7 Å². The number of nitrogens with zero attached hydrogens (tertiary/aromatic N) is 2. The third-order valence-corrected chi connectivity index (χ3v) is 6.46. The van der Waals surface area contributed by atoms with Gasteiger partial charge in [-0.15, -0.1) is 0 Å². The van der Waals surface area contributed by atoms with Crippen molar-refractivity contribution >= 4 is 29.3 Å². The quantitative estimate of drug-likeness (QED) is 0.716. The van der Waals surface area contributed by atoms with Crippen molar-refractivity contribution < 1.29 is 23.5 Å². The van der Waals surface area contributed by atoms with Crippen LogP contribution in [0.5, 0.6) is 0 Å². The zero-order chi connectivity index (χ0) is 24.5. The molecule has 2 aliphatic heterocycles. The van der Waals surface area contributed by atoms with Crippen LogP contribution < -0.4 is 5.32 Å². The smallest absolute Gasteiger partial charge is 0.256 e. The van der Waals surface area contributed by atoms with Crippen molar-refractivity contribution in [2.24, 2.45) is 0 Å². The zero-order valence-electron chi connectivity index (χ0n) is 19.1. The summed E-state index contributed by atoms with van der Waals surface area (Å²) in [6, 6.07) is 11.1. The van der Waals surface area contributed by atoms with Crippen LogP contribution in [0.1, 0.15) is 47.4 Å². The number of rotatable bonds is 4. The summed E-state index contributed by atoms with van der Waals surface area (Å²) in [5.74, 6) is -1.47. The van der Waals surface area contributed by atoms with Gasteiger partial charge in [0, 0.05) is 48.1 Å². The van der Waals surface area contributed by atoms with E-state index in [-0.39, 0.29) is 30.0 Å². The molecular formula is C25H27ClFN3O4. The standard InChI is InChI=1S/C25H27ClFN3O4/c1-16(2)28-22(31)21-15-34-25(30(21)24(33)18-4-3-5-20(27)14-18)10-12-29(13-11-25)23(32)17-6-8-19(26)9-7-17/h3-9,14,16,21H,10-13,15H2,1-2H3,(H,28,31). The Morgan fingerprint density at radius 3 is 2.35 bits per heavy atom. The number of likely N-dealkylation sites (tertiary alicyclic amines) is 1. The molecule has 0 bridgehead atoms. The van der Waals surface area contributed by atoms with Crippen molar-refractivity contribution in [3.05, 3.63) is 70.5 Å². The Labute approximate surface area is 202 Å². The van der Waals surface area contributed by atoms with Crippen LogP contribution in [0.15, 0.2) is 48.5 Å². The van der Waals surface area contributed by atoms with E-state index in [2.05, 4.69) is 5.32 Å². The molecule has 9 heteroatoms. The molecule has 2 aromatic carbocycles. The Kier molecular flexibility index (Phi) is 6.91. The molecule has 2 saturated heterocycles. The minimum atomic E-state index is -1.06. The first kappa shape index (κ1) is 24.2. The van der Waals surface area contributed by atoms with Gasteiger partial charge in [-0.05, 0) is 56.3 Å². The Morgan fingerprint density at radius 1 is 1.06 bits per heavy atom. The van der Waals surface area contributed by atoms with E-state index >= 15 is 0 Å². The summed E-state index contributed by atoms with van der Waals surface area (Å²) in [5, 5.41) is 3.39. The molecule has 2 aromatic rings. The van der Waals surface area contributed by atoms with Gasteiger partial charge in [-0.3, -0.25) is 19.3 Å². The van der Waals surface area contributed by atoms with Gasteiger partial charge in [0.1, 0.15) is 17.6 Å². The van der Waals surface area contributed by atoms with E-state index < -0.39 is 23.5 Å². The van der Waals surface area contributed by atoms with Crippen LogP contribution >= 0.6 is 11.6 Å². The van der Waals surface area contributed by atoms with Crippen LogP contribution in [0, 0.1) is 5.82 Å². The maximum Gasteiger partial charge on any atom is 0.256 e. The first-order chi connectivity index (χ1) is 16.2. The molecule has 3 amide bonds. The number of hydrogen-bond donors (Lipinski definition) is 1. The highest BCUT2D eigenvalue weighted by Gasteiger charge is 2.54. The Hall–Kier alpha value is -2.97. The largest absolute Gasteiger partial charge is 0.353 e. The summed E-state index contributed by atoms with van der Waals surface area (Å²) in [6.07, 6.45) is 0.664. The Balaban J connectivity index is 1.58. The van der Waals surface area contributed by atoms with Crippen molar-refractivity contribution in [3.8, 4) is 0 Å². The number of piperidine rings is 1. The molecule has 34 heavy (non-hydrogen) atoms. The molecule has 1 N–H and O–H groups in total. The summed E-state index contributed by atoms with van der Waals surface area (Å²) in [7, 11) is 0. The van der Waals surface area contributed by atoms with E-state index in [1.807, 2.05) is 13.8 Å². The van der Waals surface area contributed by atoms with Gasteiger partial charge in [-0.2, -0.15) is 0 Å². The van der Waals surface area contributed by atoms with Gasteiger partial charge in [0.2, 0.25) is 5.91 Å². The van der Waals surface area contributed by atoms with E-state index in [9.17, 15) is 18.8 Å². The highest BCUT2D eigenvalue weighted by Crippen LogP contribution is 2.39. The van der Waals surface area contributed by atoms with Gasteiger partial charge in [0.15, 0.2) is 0 Å². The van der Waals surface area contributed by atoms with Crippen LogP contribution in [-0.2, 0) is 9.53 Å². The predicted octanol–water partition coefficient (Wildman–Crippen LogP) is 3.48. The predicted molar refractivity (Wildman–Crippen MR) is 125 cm³/mol. The second-order valence-corrected chi connectivity index (χ2v) is 9.36. The molecular weight excluding hydrogens is 461 g/mol. The molecule has 0 radical (unpaired) electrons. The summed E-state index contributed by atoms with van der Waals surface area (Å²) in [5.41, 5.74) is -0.388. The van der Waals surface area contributed by atoms with Crippen LogP contribution in [0.25, 0.3) is 0 Å². The third-order valence-electron chi connectivity index (χ3n) is 6.21. The highest BCUT2D eigenvalue weighted by atomic mass is 35.5. The van der Waals surface area contributed by atoms with E-state index in [1.165, 1.54) is 23.1 Å². The zero-order valence-corrected chi connectivity index (χ0v) is 19.8. The minimum Gasteiger partial charge on any atom is -0.353 e. The summed E-state index contributed by atoms with van der Waals surface area (Å²) < 4.78 is 20.0. The summed E-state index contributed by atoms with van der Waals surface area (Å²) in [6.45, 7) is 4.39. The van der Waals surface area contributed by atoms with Gasteiger partial charge in [-0.25, -0.2) is 4.39 Å². The topological polar surface area (TPSA) is 79.0 Å². The SMILES string of the molecule is CC(C)NC(=O)C1COC2(CCN(C(=O)c3ccc(Cl)cc3)CC2)N1C(=O)c1cccc(F)c1. The number of hydrogen-bond acceptors (Lipinski definition) is 4. The number of carbonyl (C=O) groups is 3. The van der Waals surface area contributed by atoms with Crippen molar-refractivity contribution in [1.29, 1.82) is 0 Å². The fourth-order valence-electron chi connectivity index (χ4n) is 4.54. The van der Waals surface area contributed by atoms with Gasteiger partial charge in [-0.1, -0.05) is 17.7 Å². The average molecular weight is 488 g/mol. The molecule has 2 aliphatic rings. The Bertz CT molecular complexity index is 1080. The van der Waals surface area contributed by atoms with E-state index in [0.29, 0.717) is 36.5 Å². The van der Waals surface area contributed by atoms with Gasteiger partial charge in [0.05, 0.1) is 6.61 Å². The fraction of sp³-hybridized carbons (Fsp3) is 0.400. The van der Waals surface area contributed by atoms with Gasteiger partial charge >= 0.3 is 0 Å². The van der Waals surface area contributed by atoms with Crippen LogP contribution in [0.4, 0.5) is 4.39 Å². The number of amides is 3. The lowest BCUT2D eigenvalue weighted by Crippen LogP contribution is -2.60. The third kappa shape index (κ3) is 4.79. The van der Waals surface area contributed by atoms with E-state index in [4.69, 9.17) is 16.3 Å². The van der Waals surface area contributed by atoms with Crippen LogP contribution in [0.2, 0.25) is 5.02 Å². The van der Waals surface area contributed by atoms with Crippen molar-refractivity contribution in [2.45, 2.75) is 44.5 Å². The minimum absolute atomic E-state index is 0.0325. The van der Waals surface area contributed by atoms with Gasteiger partial charge in [0.25, 0.3) is 11.8 Å².